The molecule has 0 spiro atoms. The minimum atomic E-state index is -0.0912. The van der Waals surface area contributed by atoms with Crippen molar-refractivity contribution in [2.24, 2.45) is 11.1 Å². The van der Waals surface area contributed by atoms with E-state index in [1.165, 1.54) is 0 Å². The maximum Gasteiger partial charge on any atom is 0.272 e. The van der Waals surface area contributed by atoms with Crippen molar-refractivity contribution in [1.29, 1.82) is 0 Å². The van der Waals surface area contributed by atoms with Crippen LogP contribution in [0.3, 0.4) is 0 Å². The minimum Gasteiger partial charge on any atom is -0.457 e. The van der Waals surface area contributed by atoms with Gasteiger partial charge in [0.05, 0.1) is 0 Å². The molecule has 1 aromatic carbocycles. The highest BCUT2D eigenvalue weighted by atomic mass is 16.5. The van der Waals surface area contributed by atoms with Gasteiger partial charge < -0.3 is 15.4 Å². The van der Waals surface area contributed by atoms with Crippen LogP contribution in [0.25, 0.3) is 0 Å². The molecule has 0 bridgehead atoms. The van der Waals surface area contributed by atoms with Gasteiger partial charge >= 0.3 is 0 Å². The van der Waals surface area contributed by atoms with Crippen LogP contribution in [0.15, 0.2) is 48.7 Å². The maximum atomic E-state index is 12.8. The standard InChI is InChI=1S/C19H23N3O2/c1-19(2)13-22(11-9-17(19)20)18(23)16-12-15(8-10-21-16)24-14-6-4-3-5-7-14/h3-8,10,12,17H,9,11,13,20H2,1-2H3. The first-order valence-corrected chi connectivity index (χ1v) is 8.19. The fourth-order valence-corrected chi connectivity index (χ4v) is 2.93. The summed E-state index contributed by atoms with van der Waals surface area (Å²) in [6, 6.07) is 13.0. The number of benzene rings is 1. The molecule has 1 saturated heterocycles. The molecular weight excluding hydrogens is 302 g/mol. The zero-order valence-corrected chi connectivity index (χ0v) is 14.1. The van der Waals surface area contributed by atoms with E-state index in [9.17, 15) is 4.79 Å². The lowest BCUT2D eigenvalue weighted by atomic mass is 9.79. The van der Waals surface area contributed by atoms with Gasteiger partial charge in [0.2, 0.25) is 0 Å². The van der Waals surface area contributed by atoms with E-state index in [2.05, 4.69) is 18.8 Å². The highest BCUT2D eigenvalue weighted by Crippen LogP contribution is 2.29. The lowest BCUT2D eigenvalue weighted by Gasteiger charge is -2.42. The molecule has 1 aliphatic heterocycles. The predicted molar refractivity (Wildman–Crippen MR) is 93.0 cm³/mol. The molecule has 1 aromatic heterocycles. The summed E-state index contributed by atoms with van der Waals surface area (Å²) in [7, 11) is 0. The Morgan fingerprint density at radius 2 is 2.00 bits per heavy atom. The monoisotopic (exact) mass is 325 g/mol. The van der Waals surface area contributed by atoms with Crippen LogP contribution in [0.4, 0.5) is 0 Å². The number of hydrogen-bond acceptors (Lipinski definition) is 4. The molecule has 2 heterocycles. The molecule has 1 aliphatic rings. The van der Waals surface area contributed by atoms with Crippen molar-refractivity contribution in [3.63, 3.8) is 0 Å². The average Bonchev–Trinajstić information content (AvgIpc) is 2.58. The smallest absolute Gasteiger partial charge is 0.272 e. The second kappa shape index (κ2) is 6.61. The van der Waals surface area contributed by atoms with E-state index in [0.717, 1.165) is 12.2 Å². The highest BCUT2D eigenvalue weighted by Gasteiger charge is 2.35. The zero-order valence-electron chi connectivity index (χ0n) is 14.1. The minimum absolute atomic E-state index is 0.0755. The van der Waals surface area contributed by atoms with E-state index in [4.69, 9.17) is 10.5 Å². The summed E-state index contributed by atoms with van der Waals surface area (Å²) in [5, 5.41) is 0. The normalized spacial score (nSPS) is 19.8. The zero-order chi connectivity index (χ0) is 17.2. The summed E-state index contributed by atoms with van der Waals surface area (Å²) in [5.74, 6) is 1.26. The Morgan fingerprint density at radius 1 is 1.25 bits per heavy atom. The number of hydrogen-bond donors (Lipinski definition) is 1. The quantitative estimate of drug-likeness (QED) is 0.941. The van der Waals surface area contributed by atoms with Gasteiger partial charge in [-0.05, 0) is 30.0 Å². The molecule has 0 radical (unpaired) electrons. The van der Waals surface area contributed by atoms with Gasteiger partial charge in [-0.25, -0.2) is 0 Å². The largest absolute Gasteiger partial charge is 0.457 e. The molecule has 0 aliphatic carbocycles. The Hall–Kier alpha value is -2.40. The Kier molecular flexibility index (Phi) is 4.53. The van der Waals surface area contributed by atoms with Crippen molar-refractivity contribution in [2.45, 2.75) is 26.3 Å². The number of amides is 1. The van der Waals surface area contributed by atoms with Gasteiger partial charge in [-0.2, -0.15) is 0 Å². The molecule has 0 saturated carbocycles. The molecule has 1 fully saturated rings. The Morgan fingerprint density at radius 3 is 2.71 bits per heavy atom. The molecule has 5 nitrogen and oxygen atoms in total. The molecule has 1 unspecified atom stereocenters. The average molecular weight is 325 g/mol. The SMILES string of the molecule is CC1(C)CN(C(=O)c2cc(Oc3ccccc3)ccn2)CCC1N. The van der Waals surface area contributed by atoms with Crippen LogP contribution in [-0.4, -0.2) is 34.9 Å². The number of carbonyl (C=O) groups excluding carboxylic acids is 1. The molecule has 1 atom stereocenters. The second-order valence-corrected chi connectivity index (χ2v) is 6.90. The fraction of sp³-hybridized carbons (Fsp3) is 0.368. The van der Waals surface area contributed by atoms with Crippen LogP contribution >= 0.6 is 0 Å². The van der Waals surface area contributed by atoms with Gasteiger partial charge in [0.15, 0.2) is 0 Å². The van der Waals surface area contributed by atoms with E-state index in [1.807, 2.05) is 35.2 Å². The fourth-order valence-electron chi connectivity index (χ4n) is 2.93. The summed E-state index contributed by atoms with van der Waals surface area (Å²) in [5.41, 5.74) is 6.46. The van der Waals surface area contributed by atoms with Crippen molar-refractivity contribution in [3.8, 4) is 11.5 Å². The Balaban J connectivity index is 1.75. The van der Waals surface area contributed by atoms with E-state index in [1.54, 1.807) is 18.3 Å². The number of nitrogens with two attached hydrogens (primary N) is 1. The third kappa shape index (κ3) is 3.57. The maximum absolute atomic E-state index is 12.8. The topological polar surface area (TPSA) is 68.5 Å². The van der Waals surface area contributed by atoms with Gasteiger partial charge in [-0.3, -0.25) is 9.78 Å². The van der Waals surface area contributed by atoms with Crippen molar-refractivity contribution in [3.05, 3.63) is 54.4 Å². The van der Waals surface area contributed by atoms with Crippen LogP contribution < -0.4 is 10.5 Å². The summed E-state index contributed by atoms with van der Waals surface area (Å²) < 4.78 is 5.78. The summed E-state index contributed by atoms with van der Waals surface area (Å²) in [6.45, 7) is 5.49. The van der Waals surface area contributed by atoms with Gasteiger partial charge in [0.1, 0.15) is 17.2 Å². The van der Waals surface area contributed by atoms with Gasteiger partial charge in [-0.1, -0.05) is 32.0 Å². The van der Waals surface area contributed by atoms with Crippen LogP contribution in [-0.2, 0) is 0 Å². The first-order chi connectivity index (χ1) is 11.5. The van der Waals surface area contributed by atoms with Crippen LogP contribution in [0.5, 0.6) is 11.5 Å². The first kappa shape index (κ1) is 16.5. The molecular formula is C19H23N3O2. The second-order valence-electron chi connectivity index (χ2n) is 6.90. The third-order valence-electron chi connectivity index (χ3n) is 4.53. The van der Waals surface area contributed by atoms with Crippen molar-refractivity contribution < 1.29 is 9.53 Å². The number of nitrogens with zero attached hydrogens (tertiary/aromatic N) is 2. The van der Waals surface area contributed by atoms with Crippen molar-refractivity contribution in [1.82, 2.24) is 9.88 Å². The van der Waals surface area contributed by atoms with Crippen LogP contribution in [0.2, 0.25) is 0 Å². The number of carbonyl (C=O) groups is 1. The Bertz CT molecular complexity index is 716. The van der Waals surface area contributed by atoms with Crippen LogP contribution in [0, 0.1) is 5.41 Å². The lowest BCUT2D eigenvalue weighted by molar-refractivity contribution is 0.0527. The van der Waals surface area contributed by atoms with E-state index in [-0.39, 0.29) is 17.4 Å². The summed E-state index contributed by atoms with van der Waals surface area (Å²) in [6.07, 6.45) is 2.41. The molecule has 2 N–H and O–H groups in total. The van der Waals surface area contributed by atoms with Crippen molar-refractivity contribution >= 4 is 5.91 Å². The number of ether oxygens (including phenoxy) is 1. The first-order valence-electron chi connectivity index (χ1n) is 8.19. The number of rotatable bonds is 3. The van der Waals surface area contributed by atoms with E-state index >= 15 is 0 Å². The number of pyridine rings is 1. The molecule has 2 aromatic rings. The number of piperidine rings is 1. The highest BCUT2D eigenvalue weighted by molar-refractivity contribution is 5.92. The lowest BCUT2D eigenvalue weighted by Crippen LogP contribution is -2.54. The predicted octanol–water partition coefficient (Wildman–Crippen LogP) is 3.07. The molecule has 1 amide bonds. The van der Waals surface area contributed by atoms with E-state index < -0.39 is 0 Å². The molecule has 126 valence electrons. The van der Waals surface area contributed by atoms with Crippen LogP contribution in [0.1, 0.15) is 30.8 Å². The summed E-state index contributed by atoms with van der Waals surface area (Å²) in [4.78, 5) is 18.8. The number of para-hydroxylation sites is 1. The molecule has 3 rings (SSSR count). The van der Waals surface area contributed by atoms with Gasteiger partial charge in [-0.15, -0.1) is 0 Å². The van der Waals surface area contributed by atoms with E-state index in [0.29, 0.717) is 24.5 Å². The Labute approximate surface area is 142 Å². The summed E-state index contributed by atoms with van der Waals surface area (Å²) >= 11 is 0. The van der Waals surface area contributed by atoms with Gasteiger partial charge in [0, 0.05) is 31.4 Å². The third-order valence-corrected chi connectivity index (χ3v) is 4.53. The molecule has 5 heteroatoms. The van der Waals surface area contributed by atoms with Gasteiger partial charge in [0.25, 0.3) is 5.91 Å². The number of aromatic nitrogens is 1. The van der Waals surface area contributed by atoms with Crippen molar-refractivity contribution in [2.75, 3.05) is 13.1 Å². The molecule has 24 heavy (non-hydrogen) atoms. The number of likely N-dealkylation sites (tertiary alicyclic amines) is 1.